The topological polar surface area (TPSA) is 42.1 Å². The van der Waals surface area contributed by atoms with E-state index in [0.29, 0.717) is 11.1 Å². The van der Waals surface area contributed by atoms with Gasteiger partial charge in [-0.05, 0) is 18.1 Å². The molecule has 0 fully saturated rings. The molecule has 0 amide bonds. The Morgan fingerprint density at radius 2 is 2.00 bits per heavy atom. The molecule has 1 N–H and O–H groups in total. The van der Waals surface area contributed by atoms with Crippen LogP contribution in [0.5, 0.6) is 0 Å². The number of aromatic nitrogens is 1. The van der Waals surface area contributed by atoms with Gasteiger partial charge in [0.15, 0.2) is 11.6 Å². The summed E-state index contributed by atoms with van der Waals surface area (Å²) in [5.41, 5.74) is 0.807. The number of methoxy groups -OCH3 is 1. The number of carbonyl (C=O) groups excluding carboxylic acids is 1. The van der Waals surface area contributed by atoms with E-state index in [2.05, 4.69) is 9.72 Å². The van der Waals surface area contributed by atoms with Crippen LogP contribution in [0.25, 0.3) is 10.9 Å². The standard InChI is InChI=1S/C13H13F2NO2/c1-6(2)11-9(13(17)18-3)7-4-5-8(14)10(15)12(7)16-11/h4-6,16H,1-3H3. The zero-order valence-corrected chi connectivity index (χ0v) is 10.3. The van der Waals surface area contributed by atoms with Gasteiger partial charge in [-0.3, -0.25) is 0 Å². The van der Waals surface area contributed by atoms with Crippen LogP contribution in [-0.4, -0.2) is 18.1 Å². The highest BCUT2D eigenvalue weighted by Gasteiger charge is 2.23. The van der Waals surface area contributed by atoms with E-state index in [1.165, 1.54) is 13.2 Å². The molecule has 1 aromatic heterocycles. The number of carbonyl (C=O) groups is 1. The molecule has 18 heavy (non-hydrogen) atoms. The largest absolute Gasteiger partial charge is 0.465 e. The Balaban J connectivity index is 2.84. The van der Waals surface area contributed by atoms with Crippen molar-refractivity contribution in [2.45, 2.75) is 19.8 Å². The van der Waals surface area contributed by atoms with Crippen LogP contribution in [-0.2, 0) is 4.74 Å². The van der Waals surface area contributed by atoms with Crippen molar-refractivity contribution in [2.24, 2.45) is 0 Å². The molecule has 0 bridgehead atoms. The summed E-state index contributed by atoms with van der Waals surface area (Å²) < 4.78 is 31.5. The summed E-state index contributed by atoms with van der Waals surface area (Å²) in [6.45, 7) is 3.71. The zero-order valence-electron chi connectivity index (χ0n) is 10.3. The van der Waals surface area contributed by atoms with Crippen LogP contribution in [0.3, 0.4) is 0 Å². The summed E-state index contributed by atoms with van der Waals surface area (Å²) in [4.78, 5) is 14.5. The van der Waals surface area contributed by atoms with E-state index in [4.69, 9.17) is 0 Å². The van der Waals surface area contributed by atoms with E-state index < -0.39 is 17.6 Å². The molecule has 2 rings (SSSR count). The zero-order chi connectivity index (χ0) is 13.4. The molecule has 5 heteroatoms. The van der Waals surface area contributed by atoms with Gasteiger partial charge in [-0.25, -0.2) is 13.6 Å². The van der Waals surface area contributed by atoms with Gasteiger partial charge >= 0.3 is 5.97 Å². The van der Waals surface area contributed by atoms with Crippen molar-refractivity contribution < 1.29 is 18.3 Å². The highest BCUT2D eigenvalue weighted by Crippen LogP contribution is 2.30. The first-order valence-corrected chi connectivity index (χ1v) is 5.55. The van der Waals surface area contributed by atoms with Gasteiger partial charge < -0.3 is 9.72 Å². The number of H-pyrrole nitrogens is 1. The number of fused-ring (bicyclic) bond motifs is 1. The maximum Gasteiger partial charge on any atom is 0.340 e. The molecule has 0 unspecified atom stereocenters. The number of esters is 1. The first-order valence-electron chi connectivity index (χ1n) is 5.55. The molecule has 0 aliphatic carbocycles. The third-order valence-corrected chi connectivity index (χ3v) is 2.86. The molecule has 0 aliphatic rings. The lowest BCUT2D eigenvalue weighted by molar-refractivity contribution is 0.0601. The molecule has 1 heterocycles. The van der Waals surface area contributed by atoms with E-state index in [0.717, 1.165) is 6.07 Å². The van der Waals surface area contributed by atoms with Crippen LogP contribution in [0.1, 0.15) is 35.8 Å². The summed E-state index contributed by atoms with van der Waals surface area (Å²) in [5, 5.41) is 0.337. The number of hydrogen-bond donors (Lipinski definition) is 1. The van der Waals surface area contributed by atoms with Gasteiger partial charge in [0.2, 0.25) is 0 Å². The average Bonchev–Trinajstić information content (AvgIpc) is 2.73. The summed E-state index contributed by atoms with van der Waals surface area (Å²) >= 11 is 0. The number of ether oxygens (including phenoxy) is 1. The van der Waals surface area contributed by atoms with Gasteiger partial charge in [0.05, 0.1) is 18.2 Å². The molecule has 0 atom stereocenters. The normalized spacial score (nSPS) is 11.2. The van der Waals surface area contributed by atoms with Gasteiger partial charge in [-0.15, -0.1) is 0 Å². The van der Waals surface area contributed by atoms with Crippen molar-refractivity contribution in [3.8, 4) is 0 Å². The highest BCUT2D eigenvalue weighted by molar-refractivity contribution is 6.05. The molecular weight excluding hydrogens is 240 g/mol. The van der Waals surface area contributed by atoms with Crippen LogP contribution in [0.2, 0.25) is 0 Å². The Morgan fingerprint density at radius 3 is 2.56 bits per heavy atom. The van der Waals surface area contributed by atoms with Gasteiger partial charge in [-0.2, -0.15) is 0 Å². The second-order valence-electron chi connectivity index (χ2n) is 4.34. The number of hydrogen-bond acceptors (Lipinski definition) is 2. The van der Waals surface area contributed by atoms with Crippen LogP contribution in [0, 0.1) is 11.6 Å². The van der Waals surface area contributed by atoms with Crippen molar-refractivity contribution in [3.63, 3.8) is 0 Å². The molecular formula is C13H13F2NO2. The van der Waals surface area contributed by atoms with Gasteiger partial charge in [0, 0.05) is 11.1 Å². The second kappa shape index (κ2) is 4.40. The second-order valence-corrected chi connectivity index (χ2v) is 4.34. The SMILES string of the molecule is COC(=O)c1c(C(C)C)[nH]c2c(F)c(F)ccc12. The fourth-order valence-corrected chi connectivity index (χ4v) is 1.98. The fourth-order valence-electron chi connectivity index (χ4n) is 1.98. The molecule has 96 valence electrons. The molecule has 0 saturated heterocycles. The Hall–Kier alpha value is -1.91. The fraction of sp³-hybridized carbons (Fsp3) is 0.308. The molecule has 3 nitrogen and oxygen atoms in total. The molecule has 0 radical (unpaired) electrons. The predicted octanol–water partition coefficient (Wildman–Crippen LogP) is 3.36. The van der Waals surface area contributed by atoms with Crippen LogP contribution in [0.15, 0.2) is 12.1 Å². The van der Waals surface area contributed by atoms with E-state index in [1.807, 2.05) is 13.8 Å². The van der Waals surface area contributed by atoms with Gasteiger partial charge in [0.1, 0.15) is 0 Å². The lowest BCUT2D eigenvalue weighted by atomic mass is 10.0. The molecule has 0 aliphatic heterocycles. The maximum absolute atomic E-state index is 13.7. The third kappa shape index (κ3) is 1.75. The first kappa shape index (κ1) is 12.5. The summed E-state index contributed by atoms with van der Waals surface area (Å²) in [6.07, 6.45) is 0. The predicted molar refractivity (Wildman–Crippen MR) is 63.6 cm³/mol. The van der Waals surface area contributed by atoms with E-state index in [1.54, 1.807) is 0 Å². The van der Waals surface area contributed by atoms with Crippen molar-refractivity contribution in [1.82, 2.24) is 4.98 Å². The number of benzene rings is 1. The number of halogens is 2. The van der Waals surface area contributed by atoms with Crippen molar-refractivity contribution in [2.75, 3.05) is 7.11 Å². The molecule has 0 spiro atoms. The van der Waals surface area contributed by atoms with Gasteiger partial charge in [0.25, 0.3) is 0 Å². The molecule has 1 aromatic carbocycles. The van der Waals surface area contributed by atoms with E-state index in [-0.39, 0.29) is 17.0 Å². The lowest BCUT2D eigenvalue weighted by Gasteiger charge is -2.05. The Kier molecular flexibility index (Phi) is 3.07. The van der Waals surface area contributed by atoms with Crippen molar-refractivity contribution in [3.05, 3.63) is 35.0 Å². The lowest BCUT2D eigenvalue weighted by Crippen LogP contribution is -2.05. The number of aromatic amines is 1. The van der Waals surface area contributed by atoms with E-state index in [9.17, 15) is 13.6 Å². The summed E-state index contributed by atoms with van der Waals surface area (Å²) in [5.74, 6) is -2.52. The minimum absolute atomic E-state index is 0.000833. The number of rotatable bonds is 2. The smallest absolute Gasteiger partial charge is 0.340 e. The molecule has 2 aromatic rings. The Morgan fingerprint density at radius 1 is 1.33 bits per heavy atom. The van der Waals surface area contributed by atoms with Crippen LogP contribution < -0.4 is 0 Å². The minimum atomic E-state index is -0.982. The Bertz CT molecular complexity index is 617. The number of nitrogens with one attached hydrogen (secondary N) is 1. The minimum Gasteiger partial charge on any atom is -0.465 e. The monoisotopic (exact) mass is 253 g/mol. The molecule has 0 saturated carbocycles. The third-order valence-electron chi connectivity index (χ3n) is 2.86. The quantitative estimate of drug-likeness (QED) is 0.834. The highest BCUT2D eigenvalue weighted by atomic mass is 19.2. The average molecular weight is 253 g/mol. The Labute approximate surface area is 103 Å². The first-order chi connectivity index (χ1) is 8.47. The van der Waals surface area contributed by atoms with Crippen LogP contribution >= 0.6 is 0 Å². The van der Waals surface area contributed by atoms with Gasteiger partial charge in [-0.1, -0.05) is 13.8 Å². The summed E-state index contributed by atoms with van der Waals surface area (Å²) in [7, 11) is 1.26. The van der Waals surface area contributed by atoms with Crippen molar-refractivity contribution in [1.29, 1.82) is 0 Å². The maximum atomic E-state index is 13.7. The van der Waals surface area contributed by atoms with Crippen LogP contribution in [0.4, 0.5) is 8.78 Å². The van der Waals surface area contributed by atoms with E-state index >= 15 is 0 Å². The summed E-state index contributed by atoms with van der Waals surface area (Å²) in [6, 6.07) is 2.38. The van der Waals surface area contributed by atoms with Crippen molar-refractivity contribution >= 4 is 16.9 Å².